The van der Waals surface area contributed by atoms with Gasteiger partial charge in [-0.3, -0.25) is 4.79 Å². The Bertz CT molecular complexity index is 110. The van der Waals surface area contributed by atoms with Gasteiger partial charge in [0.25, 0.3) is 0 Å². The summed E-state index contributed by atoms with van der Waals surface area (Å²) in [6.45, 7) is 3.34. The topological polar surface area (TPSA) is 48.2 Å². The van der Waals surface area contributed by atoms with Crippen molar-refractivity contribution in [3.05, 3.63) is 0 Å². The van der Waals surface area contributed by atoms with Crippen molar-refractivity contribution in [3.8, 4) is 0 Å². The molecule has 3 nitrogen and oxygen atoms in total. The van der Waals surface area contributed by atoms with E-state index in [2.05, 4.69) is 5.32 Å². The molecule has 1 aliphatic rings. The maximum absolute atomic E-state index is 10.5. The Morgan fingerprint density at radius 1 is 1.89 bits per heavy atom. The van der Waals surface area contributed by atoms with Gasteiger partial charge < -0.3 is 10.1 Å². The summed E-state index contributed by atoms with van der Waals surface area (Å²) in [5.41, 5.74) is 0. The van der Waals surface area contributed by atoms with Gasteiger partial charge in [-0.1, -0.05) is 6.92 Å². The number of ether oxygens (including phenoxy) is 1. The van der Waals surface area contributed by atoms with Crippen molar-refractivity contribution in [2.24, 2.45) is 0 Å². The van der Waals surface area contributed by atoms with E-state index in [0.29, 0.717) is 19.1 Å². The van der Waals surface area contributed by atoms with Gasteiger partial charge in [0.15, 0.2) is 0 Å². The molecule has 52 valence electrons. The summed E-state index contributed by atoms with van der Waals surface area (Å²) in [4.78, 5) is 10.5. The quantitative estimate of drug-likeness (QED) is 0.428. The van der Waals surface area contributed by atoms with Crippen molar-refractivity contribution in [1.29, 1.82) is 0 Å². The van der Waals surface area contributed by atoms with E-state index in [1.807, 2.05) is 0 Å². The Morgan fingerprint density at radius 2 is 2.56 bits per heavy atom. The summed E-state index contributed by atoms with van der Waals surface area (Å²) in [5.74, 6) is -0.108. The minimum Gasteiger partial charge on any atom is -0.464 e. The summed E-state index contributed by atoms with van der Waals surface area (Å²) in [6.07, 6.45) is 0.479. The molecular weight excluding hydrogens is 118 g/mol. The van der Waals surface area contributed by atoms with Crippen LogP contribution in [0.5, 0.6) is 0 Å². The minimum absolute atomic E-state index is 0.108. The number of esters is 1. The predicted octanol–water partition coefficient (Wildman–Crippen LogP) is -0.0886. The fraction of sp³-hybridized carbons (Fsp3) is 0.833. The molecule has 1 saturated heterocycles. The molecule has 0 saturated carbocycles. The van der Waals surface area contributed by atoms with E-state index in [4.69, 9.17) is 4.74 Å². The number of hydrogen-bond donors (Lipinski definition) is 1. The van der Waals surface area contributed by atoms with Crippen LogP contribution in [0.4, 0.5) is 0 Å². The first-order chi connectivity index (χ1) is 4.33. The van der Waals surface area contributed by atoms with Crippen molar-refractivity contribution in [2.75, 3.05) is 13.2 Å². The van der Waals surface area contributed by atoms with Gasteiger partial charge in [0.1, 0.15) is 6.61 Å². The fourth-order valence-corrected chi connectivity index (χ4v) is 0.497. The van der Waals surface area contributed by atoms with Crippen LogP contribution in [0, 0.1) is 0 Å². The molecule has 0 aromatic carbocycles. The van der Waals surface area contributed by atoms with Crippen LogP contribution in [-0.4, -0.2) is 25.2 Å². The molecule has 0 radical (unpaired) electrons. The van der Waals surface area contributed by atoms with Gasteiger partial charge in [0, 0.05) is 13.0 Å². The molecule has 3 heteroatoms. The first kappa shape index (κ1) is 6.55. The molecule has 1 atom stereocenters. The highest BCUT2D eigenvalue weighted by atomic mass is 16.5. The lowest BCUT2D eigenvalue weighted by molar-refractivity contribution is -0.143. The summed E-state index contributed by atoms with van der Waals surface area (Å²) < 4.78 is 4.81. The molecule has 0 aromatic rings. The first-order valence-corrected chi connectivity index (χ1v) is 3.22. The number of nitrogens with one attached hydrogen (secondary N) is 1. The van der Waals surface area contributed by atoms with Crippen LogP contribution in [0.1, 0.15) is 13.3 Å². The lowest BCUT2D eigenvalue weighted by Crippen LogP contribution is -2.09. The molecule has 0 spiro atoms. The van der Waals surface area contributed by atoms with Crippen LogP contribution in [0.2, 0.25) is 0 Å². The van der Waals surface area contributed by atoms with Gasteiger partial charge in [0.05, 0.1) is 6.04 Å². The van der Waals surface area contributed by atoms with Gasteiger partial charge in [-0.15, -0.1) is 0 Å². The summed E-state index contributed by atoms with van der Waals surface area (Å²) in [5, 5.41) is 3.04. The van der Waals surface area contributed by atoms with E-state index in [1.165, 1.54) is 0 Å². The van der Waals surface area contributed by atoms with E-state index in [0.717, 1.165) is 6.54 Å². The zero-order valence-corrected chi connectivity index (χ0v) is 5.52. The molecule has 1 heterocycles. The molecule has 0 amide bonds. The minimum atomic E-state index is -0.108. The highest BCUT2D eigenvalue weighted by Crippen LogP contribution is 1.97. The van der Waals surface area contributed by atoms with Gasteiger partial charge in [0.2, 0.25) is 0 Å². The van der Waals surface area contributed by atoms with Crippen LogP contribution in [0.3, 0.4) is 0 Å². The van der Waals surface area contributed by atoms with E-state index in [-0.39, 0.29) is 5.97 Å². The first-order valence-electron chi connectivity index (χ1n) is 3.22. The van der Waals surface area contributed by atoms with Crippen molar-refractivity contribution in [2.45, 2.75) is 19.4 Å². The summed E-state index contributed by atoms with van der Waals surface area (Å²) in [6, 6.07) is 0.445. The maximum atomic E-state index is 10.5. The van der Waals surface area contributed by atoms with Crippen LogP contribution < -0.4 is 5.32 Å². The van der Waals surface area contributed by atoms with Crippen molar-refractivity contribution in [1.82, 2.24) is 5.32 Å². The van der Waals surface area contributed by atoms with Crippen LogP contribution in [-0.2, 0) is 9.53 Å². The predicted molar refractivity (Wildman–Crippen MR) is 33.0 cm³/mol. The number of carbonyl (C=O) groups is 1. The van der Waals surface area contributed by atoms with Gasteiger partial charge in [-0.05, 0) is 0 Å². The average molecular weight is 129 g/mol. The molecule has 1 rings (SSSR count). The molecule has 9 heavy (non-hydrogen) atoms. The second kappa shape index (κ2) is 2.82. The highest BCUT2D eigenvalue weighted by molar-refractivity contribution is 5.68. The molecule has 1 N–H and O–H groups in total. The Balaban J connectivity index is 1.96. The van der Waals surface area contributed by atoms with Crippen molar-refractivity contribution in [3.63, 3.8) is 0 Å². The Hall–Kier alpha value is -0.570. The van der Waals surface area contributed by atoms with E-state index < -0.39 is 0 Å². The molecule has 1 unspecified atom stereocenters. The van der Waals surface area contributed by atoms with E-state index >= 15 is 0 Å². The smallest absolute Gasteiger partial charge is 0.305 e. The van der Waals surface area contributed by atoms with Gasteiger partial charge >= 0.3 is 5.97 Å². The van der Waals surface area contributed by atoms with Crippen molar-refractivity contribution < 1.29 is 9.53 Å². The zero-order valence-electron chi connectivity index (χ0n) is 5.52. The second-order valence-electron chi connectivity index (χ2n) is 2.14. The van der Waals surface area contributed by atoms with Crippen molar-refractivity contribution >= 4 is 5.97 Å². The third-order valence-corrected chi connectivity index (χ3v) is 1.23. The van der Waals surface area contributed by atoms with Gasteiger partial charge in [-0.25, -0.2) is 0 Å². The largest absolute Gasteiger partial charge is 0.464 e. The van der Waals surface area contributed by atoms with Gasteiger partial charge in [-0.2, -0.15) is 0 Å². The summed E-state index contributed by atoms with van der Waals surface area (Å²) in [7, 11) is 0. The lowest BCUT2D eigenvalue weighted by atomic mass is 10.5. The molecule has 0 aromatic heterocycles. The standard InChI is InChI=1S/C6H11NO2/c1-2-6(8)9-4-5-3-7-5/h5,7H,2-4H2,1H3. The monoisotopic (exact) mass is 129 g/mol. The molecule has 0 aliphatic carbocycles. The van der Waals surface area contributed by atoms with E-state index in [1.54, 1.807) is 6.92 Å². The Kier molecular flexibility index (Phi) is 2.05. The Morgan fingerprint density at radius 3 is 3.00 bits per heavy atom. The average Bonchev–Trinajstić information content (AvgIpc) is 2.65. The van der Waals surface area contributed by atoms with Crippen LogP contribution >= 0.6 is 0 Å². The molecule has 0 bridgehead atoms. The van der Waals surface area contributed by atoms with Crippen LogP contribution in [0.25, 0.3) is 0 Å². The third-order valence-electron chi connectivity index (χ3n) is 1.23. The highest BCUT2D eigenvalue weighted by Gasteiger charge is 2.20. The third kappa shape index (κ3) is 2.46. The number of rotatable bonds is 3. The summed E-state index contributed by atoms with van der Waals surface area (Å²) >= 11 is 0. The Labute approximate surface area is 54.4 Å². The zero-order chi connectivity index (χ0) is 6.69. The van der Waals surface area contributed by atoms with Crippen LogP contribution in [0.15, 0.2) is 0 Å². The second-order valence-corrected chi connectivity index (χ2v) is 2.14. The number of hydrogen-bond acceptors (Lipinski definition) is 3. The molecule has 1 fully saturated rings. The normalized spacial score (nSPS) is 23.4. The molecule has 1 aliphatic heterocycles. The number of carbonyl (C=O) groups excluding carboxylic acids is 1. The lowest BCUT2D eigenvalue weighted by Gasteiger charge is -1.97. The fourth-order valence-electron chi connectivity index (χ4n) is 0.497. The molecular formula is C6H11NO2. The SMILES string of the molecule is CCC(=O)OCC1CN1. The maximum Gasteiger partial charge on any atom is 0.305 e. The van der Waals surface area contributed by atoms with E-state index in [9.17, 15) is 4.79 Å².